The molecular weight excluding hydrogens is 409 g/mol. The third kappa shape index (κ3) is 5.06. The molecule has 0 saturated carbocycles. The van der Waals surface area contributed by atoms with E-state index in [4.69, 9.17) is 5.11 Å². The van der Waals surface area contributed by atoms with Gasteiger partial charge in [0.05, 0.1) is 10.9 Å². The predicted molar refractivity (Wildman–Crippen MR) is 110 cm³/mol. The average molecular weight is 434 g/mol. The maximum atomic E-state index is 13.3. The maximum absolute atomic E-state index is 13.3. The lowest BCUT2D eigenvalue weighted by Gasteiger charge is -2.28. The van der Waals surface area contributed by atoms with Crippen LogP contribution in [-0.4, -0.2) is 35.5 Å². The van der Waals surface area contributed by atoms with Gasteiger partial charge in [-0.2, -0.15) is 4.31 Å². The quantitative estimate of drug-likeness (QED) is 0.612. The van der Waals surface area contributed by atoms with Gasteiger partial charge in [0, 0.05) is 13.0 Å². The van der Waals surface area contributed by atoms with Gasteiger partial charge in [0.2, 0.25) is 10.0 Å². The number of sulfonamides is 1. The Morgan fingerprint density at radius 1 is 1.17 bits per heavy atom. The normalized spacial score (nSPS) is 20.0. The average Bonchev–Trinajstić information content (AvgIpc) is 3.12. The predicted octanol–water partition coefficient (Wildman–Crippen LogP) is 4.09. The number of carboxylic acid groups (broad SMARTS) is 1. The summed E-state index contributed by atoms with van der Waals surface area (Å²) in [4.78, 5) is 10.7. The topological polar surface area (TPSA) is 94.9 Å². The van der Waals surface area contributed by atoms with Crippen LogP contribution in [-0.2, 0) is 14.8 Å². The lowest BCUT2D eigenvalue weighted by Crippen LogP contribution is -2.32. The molecule has 30 heavy (non-hydrogen) atoms. The number of halogens is 1. The molecule has 1 saturated heterocycles. The van der Waals surface area contributed by atoms with Crippen LogP contribution in [0.25, 0.3) is 0 Å². The first-order chi connectivity index (χ1) is 14.3. The molecule has 2 aromatic rings. The monoisotopic (exact) mass is 433 g/mol. The first-order valence-corrected chi connectivity index (χ1v) is 11.2. The van der Waals surface area contributed by atoms with E-state index in [1.54, 1.807) is 24.3 Å². The van der Waals surface area contributed by atoms with E-state index in [0.717, 1.165) is 12.1 Å². The van der Waals surface area contributed by atoms with E-state index in [0.29, 0.717) is 31.4 Å². The maximum Gasteiger partial charge on any atom is 0.303 e. The van der Waals surface area contributed by atoms with E-state index in [9.17, 15) is 22.7 Å². The standard InChI is InChI=1S/C22H24FNO5S/c23-18-9-11-20(12-10-18)30(28,29)24-14-13-16(5-2-1-3-8-21(26)27)22(24)17-6-4-7-19(25)15-17/h1-2,4,6-7,9-12,15-16,22,25H,3,5,8,13-14H2,(H,26,27)/b2-1-/t16-,22-/m0/s1. The molecule has 2 aromatic carbocycles. The molecule has 6 nitrogen and oxygen atoms in total. The van der Waals surface area contributed by atoms with Crippen LogP contribution in [0.3, 0.4) is 0 Å². The Morgan fingerprint density at radius 2 is 1.90 bits per heavy atom. The van der Waals surface area contributed by atoms with Crippen LogP contribution in [0, 0.1) is 11.7 Å². The number of carbonyl (C=O) groups is 1. The molecule has 1 heterocycles. The van der Waals surface area contributed by atoms with Crippen molar-refractivity contribution in [3.63, 3.8) is 0 Å². The fraction of sp³-hybridized carbons (Fsp3) is 0.318. The first-order valence-electron chi connectivity index (χ1n) is 9.72. The summed E-state index contributed by atoms with van der Waals surface area (Å²) < 4.78 is 41.2. The van der Waals surface area contributed by atoms with Crippen molar-refractivity contribution in [2.75, 3.05) is 6.54 Å². The zero-order valence-electron chi connectivity index (χ0n) is 16.3. The van der Waals surface area contributed by atoms with Gasteiger partial charge >= 0.3 is 5.97 Å². The van der Waals surface area contributed by atoms with Gasteiger partial charge in [-0.15, -0.1) is 0 Å². The Balaban J connectivity index is 1.88. The third-order valence-corrected chi connectivity index (χ3v) is 7.13. The molecule has 2 N–H and O–H groups in total. The number of hydrogen-bond acceptors (Lipinski definition) is 4. The molecule has 0 amide bonds. The Kier molecular flexibility index (Phi) is 6.89. The summed E-state index contributed by atoms with van der Waals surface area (Å²) in [6.07, 6.45) is 5.33. The second-order valence-electron chi connectivity index (χ2n) is 7.30. The number of carboxylic acids is 1. The molecular formula is C22H24FNO5S. The van der Waals surface area contributed by atoms with E-state index in [1.807, 2.05) is 6.08 Å². The molecule has 0 bridgehead atoms. The largest absolute Gasteiger partial charge is 0.508 e. The van der Waals surface area contributed by atoms with Crippen LogP contribution in [0.5, 0.6) is 5.75 Å². The molecule has 0 aliphatic carbocycles. The summed E-state index contributed by atoms with van der Waals surface area (Å²) in [7, 11) is -3.86. The molecule has 0 radical (unpaired) electrons. The van der Waals surface area contributed by atoms with Crippen LogP contribution in [0.2, 0.25) is 0 Å². The van der Waals surface area contributed by atoms with Gasteiger partial charge in [0.15, 0.2) is 0 Å². The number of aliphatic carboxylic acids is 1. The fourth-order valence-corrected chi connectivity index (χ4v) is 5.52. The van der Waals surface area contributed by atoms with Crippen molar-refractivity contribution in [1.82, 2.24) is 4.31 Å². The number of allylic oxidation sites excluding steroid dienone is 2. The van der Waals surface area contributed by atoms with Crippen LogP contribution in [0.4, 0.5) is 4.39 Å². The van der Waals surface area contributed by atoms with Crippen molar-refractivity contribution in [2.24, 2.45) is 5.92 Å². The van der Waals surface area contributed by atoms with E-state index < -0.39 is 27.9 Å². The molecule has 0 unspecified atom stereocenters. The van der Waals surface area contributed by atoms with Gasteiger partial charge in [-0.3, -0.25) is 4.79 Å². The van der Waals surface area contributed by atoms with Crippen molar-refractivity contribution in [2.45, 2.75) is 36.6 Å². The second kappa shape index (κ2) is 9.40. The van der Waals surface area contributed by atoms with E-state index >= 15 is 0 Å². The Hall–Kier alpha value is -2.71. The molecule has 0 aromatic heterocycles. The lowest BCUT2D eigenvalue weighted by molar-refractivity contribution is -0.136. The molecule has 2 atom stereocenters. The lowest BCUT2D eigenvalue weighted by atomic mass is 9.91. The summed E-state index contributed by atoms with van der Waals surface area (Å²) in [6.45, 7) is 0.299. The zero-order chi connectivity index (χ0) is 21.7. The van der Waals surface area contributed by atoms with Gasteiger partial charge in [0.1, 0.15) is 11.6 Å². The van der Waals surface area contributed by atoms with Crippen molar-refractivity contribution >= 4 is 16.0 Å². The number of benzene rings is 2. The van der Waals surface area contributed by atoms with Crippen LogP contribution < -0.4 is 0 Å². The first kappa shape index (κ1) is 22.0. The molecule has 1 aliphatic rings. The van der Waals surface area contributed by atoms with Gasteiger partial charge < -0.3 is 10.2 Å². The Bertz CT molecular complexity index is 1020. The summed E-state index contributed by atoms with van der Waals surface area (Å²) in [5.41, 5.74) is 0.683. The third-order valence-electron chi connectivity index (χ3n) is 5.24. The number of aromatic hydroxyl groups is 1. The van der Waals surface area contributed by atoms with E-state index in [2.05, 4.69) is 0 Å². The zero-order valence-corrected chi connectivity index (χ0v) is 17.1. The number of hydrogen-bond donors (Lipinski definition) is 2. The highest BCUT2D eigenvalue weighted by molar-refractivity contribution is 7.89. The smallest absolute Gasteiger partial charge is 0.303 e. The molecule has 3 rings (SSSR count). The highest BCUT2D eigenvalue weighted by Gasteiger charge is 2.42. The van der Waals surface area contributed by atoms with Crippen LogP contribution in [0.1, 0.15) is 37.3 Å². The van der Waals surface area contributed by atoms with E-state index in [-0.39, 0.29) is 23.0 Å². The summed E-state index contributed by atoms with van der Waals surface area (Å²) in [5, 5.41) is 18.7. The SMILES string of the molecule is O=C(O)CC/C=C\C[C@H]1CCN(S(=O)(=O)c2ccc(F)cc2)[C@@H]1c1cccc(O)c1. The molecule has 8 heteroatoms. The highest BCUT2D eigenvalue weighted by Crippen LogP contribution is 2.43. The molecule has 1 aliphatic heterocycles. The highest BCUT2D eigenvalue weighted by atomic mass is 32.2. The second-order valence-corrected chi connectivity index (χ2v) is 9.19. The molecule has 1 fully saturated rings. The van der Waals surface area contributed by atoms with Gasteiger partial charge in [-0.25, -0.2) is 12.8 Å². The van der Waals surface area contributed by atoms with Gasteiger partial charge in [-0.1, -0.05) is 24.3 Å². The van der Waals surface area contributed by atoms with E-state index in [1.165, 1.54) is 22.5 Å². The van der Waals surface area contributed by atoms with Crippen molar-refractivity contribution in [3.05, 3.63) is 72.1 Å². The minimum absolute atomic E-state index is 0.0201. The number of nitrogens with zero attached hydrogens (tertiary/aromatic N) is 1. The summed E-state index contributed by atoms with van der Waals surface area (Å²) >= 11 is 0. The molecule has 0 spiro atoms. The van der Waals surface area contributed by atoms with Gasteiger partial charge in [0.25, 0.3) is 0 Å². The number of phenols is 1. The number of phenolic OH excluding ortho intramolecular Hbond substituents is 1. The Labute approximate surface area is 175 Å². The van der Waals surface area contributed by atoms with Crippen molar-refractivity contribution < 1.29 is 27.8 Å². The summed E-state index contributed by atoms with van der Waals surface area (Å²) in [5.74, 6) is -1.36. The minimum atomic E-state index is -3.86. The molecule has 160 valence electrons. The van der Waals surface area contributed by atoms with Crippen LogP contribution >= 0.6 is 0 Å². The minimum Gasteiger partial charge on any atom is -0.508 e. The number of rotatable bonds is 8. The summed E-state index contributed by atoms with van der Waals surface area (Å²) in [6, 6.07) is 10.8. The van der Waals surface area contributed by atoms with Gasteiger partial charge in [-0.05, 0) is 67.1 Å². The van der Waals surface area contributed by atoms with Crippen molar-refractivity contribution in [1.29, 1.82) is 0 Å². The van der Waals surface area contributed by atoms with Crippen LogP contribution in [0.15, 0.2) is 65.6 Å². The van der Waals surface area contributed by atoms with Crippen molar-refractivity contribution in [3.8, 4) is 5.75 Å². The fourth-order valence-electron chi connectivity index (χ4n) is 3.83. The Morgan fingerprint density at radius 3 is 2.57 bits per heavy atom.